The summed E-state index contributed by atoms with van der Waals surface area (Å²) in [7, 11) is 0. The molecule has 4 heteroatoms. The summed E-state index contributed by atoms with van der Waals surface area (Å²) < 4.78 is 0. The lowest BCUT2D eigenvalue weighted by molar-refractivity contribution is -0.137. The number of hydrogen-bond donors (Lipinski definition) is 1. The molecule has 0 aliphatic heterocycles. The molecule has 34 heavy (non-hydrogen) atoms. The summed E-state index contributed by atoms with van der Waals surface area (Å²) in [4.78, 5) is 24.0. The minimum absolute atomic E-state index is 0.339. The Bertz CT molecular complexity index is 432. The van der Waals surface area contributed by atoms with Crippen molar-refractivity contribution in [2.75, 3.05) is 6.54 Å². The lowest BCUT2D eigenvalue weighted by Gasteiger charge is -2.04. The van der Waals surface area contributed by atoms with Gasteiger partial charge in [-0.05, 0) is 12.8 Å². The smallest absolute Gasteiger partial charge is 0.303 e. The Hall–Kier alpha value is -1.15. The maximum Gasteiger partial charge on any atom is 0.303 e. The number of rotatable bonds is 29. The van der Waals surface area contributed by atoms with Gasteiger partial charge in [-0.1, -0.05) is 154 Å². The van der Waals surface area contributed by atoms with E-state index in [0.29, 0.717) is 13.0 Å². The van der Waals surface area contributed by atoms with Crippen LogP contribution >= 0.6 is 0 Å². The number of carbonyl (C=O) groups is 1. The number of isocyanates is 1. The maximum atomic E-state index is 10.4. The molecule has 0 bridgehead atoms. The fraction of sp³-hybridized carbons (Fsp3) is 0.933. The van der Waals surface area contributed by atoms with Crippen LogP contribution in [-0.2, 0) is 9.59 Å². The molecule has 0 aromatic rings. The molecule has 0 aliphatic carbocycles. The van der Waals surface area contributed by atoms with E-state index >= 15 is 0 Å². The predicted molar refractivity (Wildman–Crippen MR) is 145 cm³/mol. The SMILES string of the molecule is O=C=NCCCCCCCCCCCCCCCCCCCCCCCCCCCCC(=O)O. The second-order valence-electron chi connectivity index (χ2n) is 10.3. The van der Waals surface area contributed by atoms with Crippen molar-refractivity contribution in [1.82, 2.24) is 0 Å². The fourth-order valence-electron chi connectivity index (χ4n) is 4.76. The number of carboxylic acids is 1. The van der Waals surface area contributed by atoms with E-state index in [4.69, 9.17) is 5.11 Å². The summed E-state index contributed by atoms with van der Waals surface area (Å²) in [6.45, 7) is 0.659. The molecule has 200 valence electrons. The minimum atomic E-state index is -0.656. The lowest BCUT2D eigenvalue weighted by Crippen LogP contribution is -1.93. The normalized spacial score (nSPS) is 10.9. The Kier molecular flexibility index (Phi) is 28.9. The van der Waals surface area contributed by atoms with E-state index in [1.165, 1.54) is 148 Å². The van der Waals surface area contributed by atoms with Crippen molar-refractivity contribution < 1.29 is 14.7 Å². The van der Waals surface area contributed by atoms with E-state index in [0.717, 1.165) is 19.3 Å². The molecule has 0 aliphatic rings. The highest BCUT2D eigenvalue weighted by Gasteiger charge is 1.98. The van der Waals surface area contributed by atoms with Gasteiger partial charge in [0, 0.05) is 6.42 Å². The Balaban J connectivity index is 3.03. The Labute approximate surface area is 211 Å². The first-order chi connectivity index (χ1) is 16.8. The highest BCUT2D eigenvalue weighted by molar-refractivity contribution is 5.66. The Morgan fingerprint density at radius 3 is 0.912 bits per heavy atom. The molecule has 0 rings (SSSR count). The van der Waals surface area contributed by atoms with Gasteiger partial charge >= 0.3 is 5.97 Å². The zero-order valence-electron chi connectivity index (χ0n) is 22.5. The number of aliphatic carboxylic acids is 1. The second kappa shape index (κ2) is 29.9. The highest BCUT2D eigenvalue weighted by Crippen LogP contribution is 2.16. The number of unbranched alkanes of at least 4 members (excludes halogenated alkanes) is 25. The third-order valence-corrected chi connectivity index (χ3v) is 6.98. The van der Waals surface area contributed by atoms with Gasteiger partial charge in [-0.25, -0.2) is 9.79 Å². The van der Waals surface area contributed by atoms with Crippen molar-refractivity contribution in [3.8, 4) is 0 Å². The fourth-order valence-corrected chi connectivity index (χ4v) is 4.76. The third kappa shape index (κ3) is 30.9. The van der Waals surface area contributed by atoms with Gasteiger partial charge in [-0.2, -0.15) is 0 Å². The molecule has 4 nitrogen and oxygen atoms in total. The molecule has 0 spiro atoms. The molecular weight excluding hydrogens is 422 g/mol. The molecule has 0 unspecified atom stereocenters. The molecule has 0 fully saturated rings. The summed E-state index contributed by atoms with van der Waals surface area (Å²) in [6, 6.07) is 0. The van der Waals surface area contributed by atoms with Crippen LogP contribution in [0.3, 0.4) is 0 Å². The third-order valence-electron chi connectivity index (χ3n) is 6.98. The monoisotopic (exact) mass is 479 g/mol. The van der Waals surface area contributed by atoms with Crippen LogP contribution in [0.5, 0.6) is 0 Å². The summed E-state index contributed by atoms with van der Waals surface area (Å²) in [5, 5.41) is 8.61. The van der Waals surface area contributed by atoms with Crippen molar-refractivity contribution in [3.05, 3.63) is 0 Å². The Morgan fingerprint density at radius 2 is 0.676 bits per heavy atom. The molecule has 0 radical (unpaired) electrons. The van der Waals surface area contributed by atoms with Crippen LogP contribution in [0, 0.1) is 0 Å². The molecular formula is C30H57NO3. The summed E-state index contributed by atoms with van der Waals surface area (Å²) in [6.07, 6.45) is 36.6. The van der Waals surface area contributed by atoms with E-state index < -0.39 is 5.97 Å². The van der Waals surface area contributed by atoms with Crippen LogP contribution in [0.15, 0.2) is 4.99 Å². The van der Waals surface area contributed by atoms with E-state index in [1.54, 1.807) is 6.08 Å². The zero-order chi connectivity index (χ0) is 24.8. The molecule has 0 aromatic carbocycles. The van der Waals surface area contributed by atoms with Crippen molar-refractivity contribution in [2.24, 2.45) is 4.99 Å². The van der Waals surface area contributed by atoms with Gasteiger partial charge in [0.2, 0.25) is 6.08 Å². The van der Waals surface area contributed by atoms with E-state index in [2.05, 4.69) is 4.99 Å². The first-order valence-corrected chi connectivity index (χ1v) is 15.0. The van der Waals surface area contributed by atoms with E-state index in [1.807, 2.05) is 0 Å². The first kappa shape index (κ1) is 32.8. The highest BCUT2D eigenvalue weighted by atomic mass is 16.4. The number of hydrogen-bond acceptors (Lipinski definition) is 3. The quantitative estimate of drug-likeness (QED) is 0.0659. The maximum absolute atomic E-state index is 10.4. The van der Waals surface area contributed by atoms with Crippen LogP contribution in [0.25, 0.3) is 0 Å². The minimum Gasteiger partial charge on any atom is -0.481 e. The second-order valence-corrected chi connectivity index (χ2v) is 10.3. The largest absolute Gasteiger partial charge is 0.481 e. The van der Waals surface area contributed by atoms with Gasteiger partial charge in [0.05, 0.1) is 6.54 Å². The number of nitrogens with zero attached hydrogens (tertiary/aromatic N) is 1. The molecule has 0 saturated heterocycles. The Morgan fingerprint density at radius 1 is 0.441 bits per heavy atom. The van der Waals surface area contributed by atoms with Crippen molar-refractivity contribution in [3.63, 3.8) is 0 Å². The molecule has 0 atom stereocenters. The predicted octanol–water partition coefficient (Wildman–Crippen LogP) is 9.94. The van der Waals surface area contributed by atoms with Crippen molar-refractivity contribution >= 4 is 12.0 Å². The average Bonchev–Trinajstić information content (AvgIpc) is 2.83. The van der Waals surface area contributed by atoms with E-state index in [9.17, 15) is 9.59 Å². The molecule has 1 N–H and O–H groups in total. The van der Waals surface area contributed by atoms with Gasteiger partial charge in [-0.15, -0.1) is 0 Å². The molecule has 0 amide bonds. The van der Waals surface area contributed by atoms with Gasteiger partial charge < -0.3 is 5.11 Å². The standard InChI is InChI=1S/C30H57NO3/c32-29-31-28-26-24-22-20-18-16-14-12-10-8-6-4-2-1-3-5-7-9-11-13-15-17-19-21-23-25-27-30(33)34/h1-28H2,(H,33,34). The topological polar surface area (TPSA) is 66.7 Å². The van der Waals surface area contributed by atoms with E-state index in [-0.39, 0.29) is 0 Å². The van der Waals surface area contributed by atoms with Crippen LogP contribution in [0.1, 0.15) is 173 Å². The molecule has 0 aromatic heterocycles. The van der Waals surface area contributed by atoms with Gasteiger partial charge in [0.15, 0.2) is 0 Å². The summed E-state index contributed by atoms with van der Waals surface area (Å²) in [5.74, 6) is -0.656. The van der Waals surface area contributed by atoms with Crippen molar-refractivity contribution in [1.29, 1.82) is 0 Å². The first-order valence-electron chi connectivity index (χ1n) is 15.0. The lowest BCUT2D eigenvalue weighted by atomic mass is 10.0. The van der Waals surface area contributed by atoms with Crippen LogP contribution in [-0.4, -0.2) is 23.7 Å². The number of carboxylic acid groups (broad SMARTS) is 1. The van der Waals surface area contributed by atoms with Gasteiger partial charge in [0.25, 0.3) is 0 Å². The summed E-state index contributed by atoms with van der Waals surface area (Å²) in [5.41, 5.74) is 0. The summed E-state index contributed by atoms with van der Waals surface area (Å²) >= 11 is 0. The molecule has 0 saturated carbocycles. The van der Waals surface area contributed by atoms with Gasteiger partial charge in [0.1, 0.15) is 0 Å². The molecule has 0 heterocycles. The van der Waals surface area contributed by atoms with Crippen LogP contribution in [0.2, 0.25) is 0 Å². The van der Waals surface area contributed by atoms with Crippen LogP contribution in [0.4, 0.5) is 0 Å². The average molecular weight is 480 g/mol. The van der Waals surface area contributed by atoms with Crippen molar-refractivity contribution in [2.45, 2.75) is 173 Å². The zero-order valence-corrected chi connectivity index (χ0v) is 22.5. The van der Waals surface area contributed by atoms with Gasteiger partial charge in [-0.3, -0.25) is 4.79 Å². The number of aliphatic imine (C=N–C) groups is 1. The number of carbonyl (C=O) groups excluding carboxylic acids is 1. The van der Waals surface area contributed by atoms with Crippen LogP contribution < -0.4 is 0 Å².